The molecule has 274 valence electrons. The predicted molar refractivity (Wildman–Crippen MR) is 191 cm³/mol. The number of nitrogens with zero attached hydrogens (tertiary/aromatic N) is 5. The number of hydrogen-bond donors (Lipinski definition) is 1. The molecule has 4 aliphatic rings. The Morgan fingerprint density at radius 1 is 0.981 bits per heavy atom. The molecule has 1 N–H and O–H groups in total. The molecule has 4 amide bonds. The van der Waals surface area contributed by atoms with E-state index in [1.54, 1.807) is 18.2 Å². The number of hydrogen-bond acceptors (Lipinski definition) is 12. The van der Waals surface area contributed by atoms with Crippen LogP contribution in [0.3, 0.4) is 0 Å². The lowest BCUT2D eigenvalue weighted by Crippen LogP contribution is -2.60. The maximum Gasteiger partial charge on any atom is 0.301 e. The number of alkyl halides is 3. The van der Waals surface area contributed by atoms with Crippen molar-refractivity contribution in [3.63, 3.8) is 0 Å². The van der Waals surface area contributed by atoms with Gasteiger partial charge in [0.05, 0.1) is 47.0 Å². The highest BCUT2D eigenvalue weighted by Crippen LogP contribution is 2.63. The Morgan fingerprint density at radius 3 is 2.06 bits per heavy atom. The monoisotopic (exact) mass is 821 g/mol. The Kier molecular flexibility index (Phi) is 9.28. The molecule has 2 aliphatic carbocycles. The summed E-state index contributed by atoms with van der Waals surface area (Å²) in [5.41, 5.74) is -1.38. The topological polar surface area (TPSA) is 203 Å². The molecule has 2 heterocycles. The van der Waals surface area contributed by atoms with Crippen molar-refractivity contribution in [1.29, 1.82) is 0 Å². The second-order valence-electron chi connectivity index (χ2n) is 12.9. The number of aromatic hydroxyl groups is 1. The molecular formula is C33H30BrCl2N5O11. The van der Waals surface area contributed by atoms with Gasteiger partial charge in [0.2, 0.25) is 17.6 Å². The van der Waals surface area contributed by atoms with E-state index in [0.29, 0.717) is 16.0 Å². The molecule has 2 aromatic carbocycles. The number of ether oxygens (including phenoxy) is 2. The van der Waals surface area contributed by atoms with Gasteiger partial charge in [0.15, 0.2) is 26.9 Å². The molecule has 0 spiro atoms. The van der Waals surface area contributed by atoms with Crippen molar-refractivity contribution in [3.05, 3.63) is 67.8 Å². The fourth-order valence-corrected chi connectivity index (χ4v) is 9.31. The van der Waals surface area contributed by atoms with Crippen molar-refractivity contribution in [2.24, 2.45) is 23.7 Å². The summed E-state index contributed by atoms with van der Waals surface area (Å²) in [7, 11) is 5.47. The summed E-state index contributed by atoms with van der Waals surface area (Å²) >= 11 is 17.6. The maximum atomic E-state index is 14.4. The van der Waals surface area contributed by atoms with Crippen molar-refractivity contribution in [2.75, 3.05) is 43.6 Å². The molecular weight excluding hydrogens is 793 g/mol. The summed E-state index contributed by atoms with van der Waals surface area (Å²) in [6.45, 7) is 0. The number of nitro benzene ring substituents is 2. The van der Waals surface area contributed by atoms with Gasteiger partial charge in [-0.05, 0) is 36.5 Å². The van der Waals surface area contributed by atoms with E-state index in [1.165, 1.54) is 45.3 Å². The quantitative estimate of drug-likeness (QED) is 0.0910. The molecule has 1 saturated carbocycles. The van der Waals surface area contributed by atoms with E-state index < -0.39 is 78.3 Å². The molecule has 2 aliphatic heterocycles. The van der Waals surface area contributed by atoms with E-state index in [0.717, 1.165) is 17.0 Å². The fourth-order valence-electron chi connectivity index (χ4n) is 7.93. The number of likely N-dealkylation sites (tertiary alicyclic amines) is 1. The molecule has 16 nitrogen and oxygen atoms in total. The highest BCUT2D eigenvalue weighted by molar-refractivity contribution is 9.09. The van der Waals surface area contributed by atoms with E-state index in [9.17, 15) is 44.5 Å². The maximum absolute atomic E-state index is 14.4. The summed E-state index contributed by atoms with van der Waals surface area (Å²) in [4.78, 5) is 77.3. The number of imide groups is 2. The van der Waals surface area contributed by atoms with Crippen LogP contribution in [0.1, 0.15) is 18.4 Å². The molecule has 2 aromatic rings. The van der Waals surface area contributed by atoms with Gasteiger partial charge >= 0.3 is 11.4 Å². The second-order valence-corrected chi connectivity index (χ2v) is 14.7. The van der Waals surface area contributed by atoms with Gasteiger partial charge in [-0.1, -0.05) is 39.7 Å². The van der Waals surface area contributed by atoms with Crippen LogP contribution in [0.2, 0.25) is 0 Å². The number of carbonyl (C=O) groups excluding carboxylic acids is 4. The highest BCUT2D eigenvalue weighted by atomic mass is 79.9. The lowest BCUT2D eigenvalue weighted by atomic mass is 9.57. The molecule has 0 radical (unpaired) electrons. The summed E-state index contributed by atoms with van der Waals surface area (Å²) in [6.07, 6.45) is 4.47. The number of amides is 4. The van der Waals surface area contributed by atoms with Gasteiger partial charge in [-0.2, -0.15) is 0 Å². The Labute approximate surface area is 313 Å². The molecule has 0 aromatic heterocycles. The molecule has 52 heavy (non-hydrogen) atoms. The van der Waals surface area contributed by atoms with E-state index in [4.69, 9.17) is 32.7 Å². The van der Waals surface area contributed by atoms with Crippen LogP contribution in [-0.4, -0.2) is 87.0 Å². The standard InChI is InChI=1S/C33H30BrCl2N5O11/c1-37(2)26-21(40(47)48)11-16(12-22(26)41(49)50)39-28(43)18-7-6-17-19(25(18)29(39)44)13-32(35)30(45)38(14-34)31(46)33(32,36)20(17)8-5-15-9-23(51-3)27(42)24(10-15)52-4/h5-6,8-12,18-20,25,42H,7,13-14H2,1-4H3. The van der Waals surface area contributed by atoms with Crippen LogP contribution in [0.25, 0.3) is 6.08 Å². The van der Waals surface area contributed by atoms with E-state index in [1.807, 2.05) is 0 Å². The van der Waals surface area contributed by atoms with Crippen LogP contribution in [0.15, 0.2) is 42.0 Å². The zero-order valence-electron chi connectivity index (χ0n) is 27.9. The number of allylic oxidation sites excluding steroid dienone is 3. The van der Waals surface area contributed by atoms with Crippen molar-refractivity contribution in [3.8, 4) is 17.2 Å². The minimum absolute atomic E-state index is 0.0186. The number of carbonyl (C=O) groups is 4. The molecule has 6 rings (SSSR count). The average Bonchev–Trinajstić information content (AvgIpc) is 3.44. The first kappa shape index (κ1) is 37.0. The highest BCUT2D eigenvalue weighted by Gasteiger charge is 2.75. The van der Waals surface area contributed by atoms with Gasteiger partial charge < -0.3 is 19.5 Å². The van der Waals surface area contributed by atoms with Crippen LogP contribution in [0, 0.1) is 43.9 Å². The van der Waals surface area contributed by atoms with Crippen molar-refractivity contribution < 1.29 is 43.6 Å². The zero-order chi connectivity index (χ0) is 38.2. The number of rotatable bonds is 9. The van der Waals surface area contributed by atoms with Gasteiger partial charge in [0, 0.05) is 32.1 Å². The number of methoxy groups -OCH3 is 2. The SMILES string of the molecule is COc1cc(C=CC2C3=CCC4C(=O)N(c5cc([N+](=O)[O-])c(N(C)C)c([N+](=O)[O-])c5)C(=O)C4C3CC3(Cl)C(=O)N(CBr)C(=O)C23Cl)cc(OC)c1O. The van der Waals surface area contributed by atoms with Crippen LogP contribution in [0.4, 0.5) is 22.7 Å². The van der Waals surface area contributed by atoms with Crippen LogP contribution in [0.5, 0.6) is 17.2 Å². The van der Waals surface area contributed by atoms with Gasteiger partial charge in [-0.25, -0.2) is 4.90 Å². The molecule has 6 unspecified atom stereocenters. The Bertz CT molecular complexity index is 1980. The molecule has 2 saturated heterocycles. The number of benzene rings is 2. The number of halogens is 3. The lowest BCUT2D eigenvalue weighted by molar-refractivity contribution is -0.392. The van der Waals surface area contributed by atoms with E-state index >= 15 is 0 Å². The summed E-state index contributed by atoms with van der Waals surface area (Å²) < 4.78 is 10.5. The molecule has 0 bridgehead atoms. The summed E-state index contributed by atoms with van der Waals surface area (Å²) in [5.74, 6) is -7.46. The lowest BCUT2D eigenvalue weighted by Gasteiger charge is -2.49. The van der Waals surface area contributed by atoms with Crippen LogP contribution in [-0.2, 0) is 19.2 Å². The first-order valence-electron chi connectivity index (χ1n) is 15.6. The fraction of sp³-hybridized carbons (Fsp3) is 0.394. The van der Waals surface area contributed by atoms with Crippen molar-refractivity contribution >= 4 is 91.6 Å². The van der Waals surface area contributed by atoms with Gasteiger partial charge in [0.25, 0.3) is 11.8 Å². The third kappa shape index (κ3) is 5.15. The minimum atomic E-state index is -2.09. The first-order chi connectivity index (χ1) is 24.5. The normalized spacial score (nSPS) is 28.1. The predicted octanol–water partition coefficient (Wildman–Crippen LogP) is 4.75. The van der Waals surface area contributed by atoms with Gasteiger partial charge in [0.1, 0.15) is 0 Å². The molecule has 3 fully saturated rings. The third-order valence-electron chi connectivity index (χ3n) is 10.2. The number of phenols is 1. The first-order valence-corrected chi connectivity index (χ1v) is 17.5. The van der Waals surface area contributed by atoms with E-state index in [-0.39, 0.29) is 46.9 Å². The number of fused-ring (bicyclic) bond motifs is 4. The second kappa shape index (κ2) is 13.0. The number of phenolic OH excluding ortho intramolecular Hbond substituents is 1. The average molecular weight is 823 g/mol. The van der Waals surface area contributed by atoms with Crippen molar-refractivity contribution in [2.45, 2.75) is 22.6 Å². The summed E-state index contributed by atoms with van der Waals surface area (Å²) in [6, 6.07) is 4.88. The smallest absolute Gasteiger partial charge is 0.301 e. The van der Waals surface area contributed by atoms with Crippen LogP contribution < -0.4 is 19.3 Å². The van der Waals surface area contributed by atoms with Gasteiger partial charge in [-0.15, -0.1) is 23.2 Å². The number of nitro groups is 2. The third-order valence-corrected chi connectivity index (χ3v) is 12.1. The minimum Gasteiger partial charge on any atom is -0.502 e. The van der Waals surface area contributed by atoms with Crippen molar-refractivity contribution in [1.82, 2.24) is 4.90 Å². The zero-order valence-corrected chi connectivity index (χ0v) is 31.0. The molecule has 6 atom stereocenters. The largest absolute Gasteiger partial charge is 0.502 e. The van der Waals surface area contributed by atoms with Gasteiger partial charge in [-0.3, -0.25) is 44.3 Å². The Morgan fingerprint density at radius 2 is 1.56 bits per heavy atom. The molecule has 19 heteroatoms. The Balaban J connectivity index is 1.48. The van der Waals surface area contributed by atoms with E-state index in [2.05, 4.69) is 15.9 Å². The Hall–Kier alpha value is -4.74. The summed E-state index contributed by atoms with van der Waals surface area (Å²) in [5, 5.41) is 34.6. The van der Waals surface area contributed by atoms with Crippen LogP contribution >= 0.6 is 39.1 Å². The number of anilines is 2.